The van der Waals surface area contributed by atoms with Gasteiger partial charge < -0.3 is 29.7 Å². The number of alkyl carbamates (subject to hydrolysis) is 1. The van der Waals surface area contributed by atoms with E-state index in [4.69, 9.17) is 14.2 Å². The van der Waals surface area contributed by atoms with Crippen LogP contribution in [-0.2, 0) is 29.1 Å². The number of alkyl halides is 4. The van der Waals surface area contributed by atoms with Crippen molar-refractivity contribution in [1.82, 2.24) is 25.2 Å². The third kappa shape index (κ3) is 8.98. The second kappa shape index (κ2) is 16.6. The number of aromatic nitrogens is 1. The van der Waals surface area contributed by atoms with Gasteiger partial charge in [0, 0.05) is 23.9 Å². The van der Waals surface area contributed by atoms with E-state index < -0.39 is 98.4 Å². The predicted molar refractivity (Wildman–Crippen MR) is 206 cm³/mol. The molecule has 4 amide bonds. The summed E-state index contributed by atoms with van der Waals surface area (Å²) >= 11 is 0. The van der Waals surface area contributed by atoms with Crippen LogP contribution in [0.3, 0.4) is 0 Å². The number of allylic oxidation sites excluding steroid dienone is 1. The highest BCUT2D eigenvalue weighted by Crippen LogP contribution is 2.48. The van der Waals surface area contributed by atoms with Crippen LogP contribution >= 0.6 is 0 Å². The number of nitrogens with one attached hydrogen (secondary N) is 3. The van der Waals surface area contributed by atoms with E-state index in [-0.39, 0.29) is 61.8 Å². The van der Waals surface area contributed by atoms with Crippen molar-refractivity contribution in [2.75, 3.05) is 19.8 Å². The largest absolute Gasteiger partial charge is 0.491 e. The molecule has 14 nitrogen and oxygen atoms in total. The van der Waals surface area contributed by atoms with Crippen molar-refractivity contribution in [3.63, 3.8) is 0 Å². The Morgan fingerprint density at radius 2 is 1.83 bits per heavy atom. The fourth-order valence-electron chi connectivity index (χ4n) is 7.86. The van der Waals surface area contributed by atoms with E-state index in [0.717, 1.165) is 11.0 Å². The number of ether oxygens (including phenoxy) is 3. The summed E-state index contributed by atoms with van der Waals surface area (Å²) in [5.41, 5.74) is -4.74. The van der Waals surface area contributed by atoms with Crippen LogP contribution in [0.5, 0.6) is 11.6 Å². The summed E-state index contributed by atoms with van der Waals surface area (Å²) in [6.45, 7) is 5.17. The summed E-state index contributed by atoms with van der Waals surface area (Å²) < 4.78 is 113. The molecule has 2 aliphatic heterocycles. The lowest BCUT2D eigenvalue weighted by Crippen LogP contribution is -2.60. The molecule has 2 saturated carbocycles. The van der Waals surface area contributed by atoms with Crippen molar-refractivity contribution in [3.8, 4) is 11.6 Å². The summed E-state index contributed by atoms with van der Waals surface area (Å²) in [4.78, 5) is 61.6. The van der Waals surface area contributed by atoms with E-state index >= 15 is 4.39 Å². The van der Waals surface area contributed by atoms with Crippen LogP contribution in [0.25, 0.3) is 10.8 Å². The number of hydrogen-bond acceptors (Lipinski definition) is 10. The number of amides is 4. The number of carbonyl (C=O) groups excluding carboxylic acids is 4. The third-order valence-electron chi connectivity index (χ3n) is 11.9. The van der Waals surface area contributed by atoms with Gasteiger partial charge in [-0.2, -0.15) is 13.2 Å². The van der Waals surface area contributed by atoms with Gasteiger partial charge in [0.05, 0.1) is 13.2 Å². The van der Waals surface area contributed by atoms with Crippen LogP contribution in [0.4, 0.5) is 26.7 Å². The molecule has 20 heteroatoms. The molecule has 0 radical (unpaired) electrons. The highest BCUT2D eigenvalue weighted by atomic mass is 32.2. The molecule has 3 N–H and O–H groups in total. The van der Waals surface area contributed by atoms with Gasteiger partial charge in [0.25, 0.3) is 5.91 Å². The van der Waals surface area contributed by atoms with Gasteiger partial charge in [-0.25, -0.2) is 27.0 Å². The number of nitrogens with zero attached hydrogens (tertiary/aromatic N) is 2. The summed E-state index contributed by atoms with van der Waals surface area (Å²) in [7, 11) is -4.49. The van der Waals surface area contributed by atoms with Crippen molar-refractivity contribution < 1.29 is 63.8 Å². The zero-order valence-electron chi connectivity index (χ0n) is 33.9. The fourth-order valence-corrected chi connectivity index (χ4v) is 9.29. The molecular formula is C40H50F5N5O9S. The minimum atomic E-state index is -4.96. The molecular weight excluding hydrogens is 822 g/mol. The fraction of sp³-hybridized carbons (Fsp3) is 0.625. The SMILES string of the molecule is CCOc1cc2ccnc(O[C@@H]3C[C@H]4C(=O)N[C@]5(C(=O)NS(=O)(=O)C6(CF)CC6)C[C@H]5C=CCC[C@@H](C)C[C@@H](C)[C@H](NC(=O)OC(C)(C)C(F)(F)F)C(=O)N4C3)c2cc1F. The van der Waals surface area contributed by atoms with Gasteiger partial charge in [-0.15, -0.1) is 0 Å². The number of fused-ring (bicyclic) bond motifs is 3. The quantitative estimate of drug-likeness (QED) is 0.207. The van der Waals surface area contributed by atoms with Gasteiger partial charge in [0.2, 0.25) is 33.3 Å². The summed E-state index contributed by atoms with van der Waals surface area (Å²) in [6.07, 6.45) is -1.57. The van der Waals surface area contributed by atoms with Crippen LogP contribution in [0, 0.1) is 23.6 Å². The Morgan fingerprint density at radius 3 is 2.48 bits per heavy atom. The van der Waals surface area contributed by atoms with E-state index in [2.05, 4.69) is 15.6 Å². The highest BCUT2D eigenvalue weighted by molar-refractivity contribution is 7.91. The minimum absolute atomic E-state index is 0.00806. The number of benzene rings is 1. The van der Waals surface area contributed by atoms with Gasteiger partial charge in [0.1, 0.15) is 35.1 Å². The number of carbonyl (C=O) groups is 4. The zero-order valence-corrected chi connectivity index (χ0v) is 34.7. The molecule has 4 aliphatic rings. The predicted octanol–water partition coefficient (Wildman–Crippen LogP) is 5.39. The first kappa shape index (κ1) is 44.8. The second-order valence-corrected chi connectivity index (χ2v) is 19.0. The molecule has 1 aromatic carbocycles. The Morgan fingerprint density at radius 1 is 1.12 bits per heavy atom. The molecule has 330 valence electrons. The number of halogens is 5. The maximum absolute atomic E-state index is 15.1. The zero-order chi connectivity index (χ0) is 44.0. The second-order valence-electron chi connectivity index (χ2n) is 16.9. The number of sulfonamides is 1. The van der Waals surface area contributed by atoms with E-state index in [1.54, 1.807) is 32.1 Å². The molecule has 0 spiro atoms. The summed E-state index contributed by atoms with van der Waals surface area (Å²) in [5, 5.41) is 5.74. The first-order valence-electron chi connectivity index (χ1n) is 19.9. The van der Waals surface area contributed by atoms with Gasteiger partial charge in [-0.3, -0.25) is 19.1 Å². The topological polar surface area (TPSA) is 182 Å². The Balaban J connectivity index is 1.36. The van der Waals surface area contributed by atoms with E-state index in [1.165, 1.54) is 12.3 Å². The molecule has 0 unspecified atom stereocenters. The average Bonchev–Trinajstić information content (AvgIpc) is 4.06. The van der Waals surface area contributed by atoms with Crippen LogP contribution < -0.4 is 24.8 Å². The molecule has 3 fully saturated rings. The monoisotopic (exact) mass is 871 g/mol. The highest BCUT2D eigenvalue weighted by Gasteiger charge is 2.64. The van der Waals surface area contributed by atoms with E-state index in [0.29, 0.717) is 38.5 Å². The Labute approximate surface area is 344 Å². The van der Waals surface area contributed by atoms with Crippen molar-refractivity contribution in [2.45, 2.75) is 120 Å². The molecule has 7 atom stereocenters. The molecule has 60 heavy (non-hydrogen) atoms. The lowest BCUT2D eigenvalue weighted by atomic mass is 9.88. The molecule has 6 rings (SSSR count). The molecule has 1 aromatic heterocycles. The number of rotatable bonds is 10. The van der Waals surface area contributed by atoms with Crippen LogP contribution in [0.15, 0.2) is 36.5 Å². The molecule has 3 heterocycles. The van der Waals surface area contributed by atoms with Crippen molar-refractivity contribution in [3.05, 3.63) is 42.4 Å². The normalized spacial score (nSPS) is 28.3. The van der Waals surface area contributed by atoms with Gasteiger partial charge >= 0.3 is 12.3 Å². The lowest BCUT2D eigenvalue weighted by Gasteiger charge is -2.34. The number of hydrogen-bond donors (Lipinski definition) is 3. The molecule has 0 bridgehead atoms. The maximum atomic E-state index is 15.1. The van der Waals surface area contributed by atoms with Crippen molar-refractivity contribution in [1.29, 1.82) is 0 Å². The summed E-state index contributed by atoms with van der Waals surface area (Å²) in [6, 6.07) is 1.25. The van der Waals surface area contributed by atoms with Gasteiger partial charge in [-0.05, 0) is 94.7 Å². The van der Waals surface area contributed by atoms with Crippen molar-refractivity contribution in [2.24, 2.45) is 17.8 Å². The van der Waals surface area contributed by atoms with Crippen molar-refractivity contribution >= 4 is 44.6 Å². The van der Waals surface area contributed by atoms with Gasteiger partial charge in [-0.1, -0.05) is 26.0 Å². The molecule has 1 saturated heterocycles. The average molecular weight is 872 g/mol. The van der Waals surface area contributed by atoms with E-state index in [1.807, 2.05) is 11.6 Å². The van der Waals surface area contributed by atoms with Crippen LogP contribution in [-0.4, -0.2) is 102 Å². The first-order chi connectivity index (χ1) is 28.1. The molecule has 2 aromatic rings. The Kier molecular flexibility index (Phi) is 12.4. The van der Waals surface area contributed by atoms with E-state index in [9.17, 15) is 45.2 Å². The minimum Gasteiger partial charge on any atom is -0.491 e. The smallest absolute Gasteiger partial charge is 0.427 e. The van der Waals surface area contributed by atoms with Gasteiger partial charge in [0.15, 0.2) is 11.6 Å². The number of pyridine rings is 1. The summed E-state index contributed by atoms with van der Waals surface area (Å²) in [5.74, 6) is -5.12. The standard InChI is InChI=1S/C40H50F5N5O9S/c1-6-57-30-16-24-11-14-46-33(27(24)18-28(30)42)58-26-17-29-32(51)48-39(35(53)49-60(55,56)38(21-41)12-13-38)19-25(39)10-8-7-9-22(2)15-23(3)31(34(52)50(29)20-26)47-36(54)59-37(4,5)40(43,44)45/h8,10-11,14,16,18,22-23,25-26,29,31H,6-7,9,12-13,15,17,19-21H2,1-5H3,(H,47,54)(H,48,51)(H,49,53)/t22-,23-,25-,26-,29+,31+,39-/m1/s1. The third-order valence-corrected chi connectivity index (χ3v) is 14.0. The Bertz CT molecular complexity index is 2150. The lowest BCUT2D eigenvalue weighted by molar-refractivity contribution is -0.244. The molecule has 2 aliphatic carbocycles. The van der Waals surface area contributed by atoms with Crippen LogP contribution in [0.1, 0.15) is 79.6 Å². The Hall–Kier alpha value is -4.75. The van der Waals surface area contributed by atoms with Crippen LogP contribution in [0.2, 0.25) is 0 Å². The maximum Gasteiger partial charge on any atom is 0.427 e. The first-order valence-corrected chi connectivity index (χ1v) is 21.4.